The first kappa shape index (κ1) is 15.0. The summed E-state index contributed by atoms with van der Waals surface area (Å²) in [6.07, 6.45) is 0.867. The molecule has 1 N–H and O–H groups in total. The Morgan fingerprint density at radius 2 is 2.25 bits per heavy atom. The number of carbonyl (C=O) groups excluding carboxylic acids is 1. The van der Waals surface area contributed by atoms with Gasteiger partial charge >= 0.3 is 0 Å². The summed E-state index contributed by atoms with van der Waals surface area (Å²) in [5, 5.41) is 3.46. The molecule has 0 atom stereocenters. The number of anilines is 1. The fourth-order valence-electron chi connectivity index (χ4n) is 1.79. The van der Waals surface area contributed by atoms with Crippen molar-refractivity contribution < 1.29 is 9.53 Å². The number of benzene rings is 1. The Balaban J connectivity index is 2.17. The number of nitrogens with one attached hydrogen (secondary N) is 1. The van der Waals surface area contributed by atoms with Crippen LogP contribution in [0.25, 0.3) is 0 Å². The third kappa shape index (κ3) is 3.19. The Morgan fingerprint density at radius 3 is 2.80 bits per heavy atom. The predicted octanol–water partition coefficient (Wildman–Crippen LogP) is 4.04. The van der Waals surface area contributed by atoms with Gasteiger partial charge in [-0.3, -0.25) is 10.1 Å². The monoisotopic (exact) mass is 354 g/mol. The molecule has 0 spiro atoms. The number of hydrogen-bond acceptors (Lipinski definition) is 4. The van der Waals surface area contributed by atoms with Gasteiger partial charge in [0.25, 0.3) is 5.91 Å². The Morgan fingerprint density at radius 1 is 1.50 bits per heavy atom. The zero-order valence-electron chi connectivity index (χ0n) is 11.5. The fraction of sp³-hybridized carbons (Fsp3) is 0.286. The first-order valence-corrected chi connectivity index (χ1v) is 7.77. The molecule has 0 aliphatic carbocycles. The van der Waals surface area contributed by atoms with Crippen molar-refractivity contribution in [2.24, 2.45) is 0 Å². The fourth-order valence-corrected chi connectivity index (χ4v) is 3.22. The highest BCUT2D eigenvalue weighted by molar-refractivity contribution is 9.10. The number of aryl methyl sites for hydroxylation is 2. The van der Waals surface area contributed by atoms with Crippen LogP contribution in [-0.2, 0) is 6.42 Å². The van der Waals surface area contributed by atoms with Gasteiger partial charge in [0.05, 0.1) is 17.3 Å². The number of methoxy groups -OCH3 is 1. The van der Waals surface area contributed by atoms with E-state index in [1.165, 1.54) is 11.3 Å². The van der Waals surface area contributed by atoms with Gasteiger partial charge in [-0.2, -0.15) is 0 Å². The molecule has 2 rings (SSSR count). The minimum absolute atomic E-state index is 0.176. The van der Waals surface area contributed by atoms with Crippen LogP contribution in [0.1, 0.15) is 27.9 Å². The first-order valence-electron chi connectivity index (χ1n) is 6.16. The van der Waals surface area contributed by atoms with E-state index in [9.17, 15) is 4.79 Å². The van der Waals surface area contributed by atoms with Crippen LogP contribution in [0.3, 0.4) is 0 Å². The van der Waals surface area contributed by atoms with Crippen molar-refractivity contribution in [2.75, 3.05) is 12.4 Å². The third-order valence-electron chi connectivity index (χ3n) is 2.86. The molecule has 1 aromatic heterocycles. The van der Waals surface area contributed by atoms with Gasteiger partial charge in [0.2, 0.25) is 0 Å². The number of thiazole rings is 1. The van der Waals surface area contributed by atoms with E-state index in [0.29, 0.717) is 16.4 Å². The summed E-state index contributed by atoms with van der Waals surface area (Å²) in [7, 11) is 1.59. The summed E-state index contributed by atoms with van der Waals surface area (Å²) in [5.41, 5.74) is 1.59. The molecular weight excluding hydrogens is 340 g/mol. The molecule has 1 amide bonds. The molecule has 0 fully saturated rings. The summed E-state index contributed by atoms with van der Waals surface area (Å²) >= 11 is 4.86. The lowest BCUT2D eigenvalue weighted by Crippen LogP contribution is -2.11. The van der Waals surface area contributed by atoms with E-state index in [-0.39, 0.29) is 5.91 Å². The smallest absolute Gasteiger partial charge is 0.257 e. The second-order valence-corrected chi connectivity index (χ2v) is 6.24. The standard InChI is InChI=1S/C14H15BrN2O2S/c1-4-11-8(2)20-14(16-11)17-13(18)9-5-6-12(19-3)10(15)7-9/h5-7H,4H2,1-3H3,(H,16,17,18). The molecule has 20 heavy (non-hydrogen) atoms. The number of halogens is 1. The molecule has 1 aromatic carbocycles. The minimum atomic E-state index is -0.176. The third-order valence-corrected chi connectivity index (χ3v) is 4.41. The van der Waals surface area contributed by atoms with Gasteiger partial charge in [0.15, 0.2) is 5.13 Å². The van der Waals surface area contributed by atoms with Gasteiger partial charge < -0.3 is 4.74 Å². The molecule has 4 nitrogen and oxygen atoms in total. The van der Waals surface area contributed by atoms with Crippen molar-refractivity contribution in [3.05, 3.63) is 38.8 Å². The quantitative estimate of drug-likeness (QED) is 0.901. The molecule has 0 saturated heterocycles. The maximum absolute atomic E-state index is 12.2. The molecule has 106 valence electrons. The molecule has 0 radical (unpaired) electrons. The zero-order chi connectivity index (χ0) is 14.7. The Kier molecular flexibility index (Phi) is 4.77. The van der Waals surface area contributed by atoms with Crippen molar-refractivity contribution in [1.29, 1.82) is 0 Å². The van der Waals surface area contributed by atoms with E-state index in [0.717, 1.165) is 21.5 Å². The van der Waals surface area contributed by atoms with E-state index in [1.807, 2.05) is 13.8 Å². The van der Waals surface area contributed by atoms with E-state index in [4.69, 9.17) is 4.74 Å². The summed E-state index contributed by atoms with van der Waals surface area (Å²) in [6.45, 7) is 4.06. The van der Waals surface area contributed by atoms with E-state index < -0.39 is 0 Å². The van der Waals surface area contributed by atoms with Crippen molar-refractivity contribution >= 4 is 38.3 Å². The van der Waals surface area contributed by atoms with Gasteiger partial charge in [-0.1, -0.05) is 6.92 Å². The molecule has 0 aliphatic rings. The SMILES string of the molecule is CCc1nc(NC(=O)c2ccc(OC)c(Br)c2)sc1C. The number of hydrogen-bond donors (Lipinski definition) is 1. The molecule has 0 aliphatic heterocycles. The summed E-state index contributed by atoms with van der Waals surface area (Å²) in [5.74, 6) is 0.518. The molecule has 6 heteroatoms. The van der Waals surface area contributed by atoms with E-state index >= 15 is 0 Å². The van der Waals surface area contributed by atoms with E-state index in [2.05, 4.69) is 26.2 Å². The highest BCUT2D eigenvalue weighted by Crippen LogP contribution is 2.27. The van der Waals surface area contributed by atoms with Crippen LogP contribution < -0.4 is 10.1 Å². The Bertz CT molecular complexity index is 640. The zero-order valence-corrected chi connectivity index (χ0v) is 13.9. The van der Waals surface area contributed by atoms with Crippen molar-refractivity contribution in [2.45, 2.75) is 20.3 Å². The largest absolute Gasteiger partial charge is 0.496 e. The first-order chi connectivity index (χ1) is 9.55. The van der Waals surface area contributed by atoms with Crippen molar-refractivity contribution in [3.8, 4) is 5.75 Å². The second-order valence-electron chi connectivity index (χ2n) is 4.18. The molecule has 0 unspecified atom stereocenters. The number of aromatic nitrogens is 1. The average molecular weight is 355 g/mol. The van der Waals surface area contributed by atoms with Crippen molar-refractivity contribution in [3.63, 3.8) is 0 Å². The van der Waals surface area contributed by atoms with Crippen LogP contribution in [-0.4, -0.2) is 18.0 Å². The Labute approximate surface area is 130 Å². The second kappa shape index (κ2) is 6.37. The van der Waals surface area contributed by atoms with Crippen LogP contribution in [0.15, 0.2) is 22.7 Å². The van der Waals surface area contributed by atoms with Gasteiger partial charge in [0.1, 0.15) is 5.75 Å². The summed E-state index contributed by atoms with van der Waals surface area (Å²) < 4.78 is 5.89. The molecule has 0 bridgehead atoms. The number of amides is 1. The summed E-state index contributed by atoms with van der Waals surface area (Å²) in [4.78, 5) is 17.7. The van der Waals surface area contributed by atoms with E-state index in [1.54, 1.807) is 25.3 Å². The number of rotatable bonds is 4. The van der Waals surface area contributed by atoms with Crippen LogP contribution >= 0.6 is 27.3 Å². The van der Waals surface area contributed by atoms with Gasteiger partial charge in [-0.05, 0) is 47.5 Å². The lowest BCUT2D eigenvalue weighted by molar-refractivity contribution is 0.102. The highest BCUT2D eigenvalue weighted by Gasteiger charge is 2.12. The topological polar surface area (TPSA) is 51.2 Å². The van der Waals surface area contributed by atoms with Crippen LogP contribution in [0.5, 0.6) is 5.75 Å². The number of ether oxygens (including phenoxy) is 1. The normalized spacial score (nSPS) is 10.4. The average Bonchev–Trinajstić information content (AvgIpc) is 2.78. The lowest BCUT2D eigenvalue weighted by atomic mass is 10.2. The lowest BCUT2D eigenvalue weighted by Gasteiger charge is -2.06. The summed E-state index contributed by atoms with van der Waals surface area (Å²) in [6, 6.07) is 5.21. The number of carbonyl (C=O) groups is 1. The van der Waals surface area contributed by atoms with Gasteiger partial charge in [0, 0.05) is 10.4 Å². The van der Waals surface area contributed by atoms with Gasteiger partial charge in [-0.25, -0.2) is 4.98 Å². The number of nitrogens with zero attached hydrogens (tertiary/aromatic N) is 1. The molecule has 2 aromatic rings. The highest BCUT2D eigenvalue weighted by atomic mass is 79.9. The van der Waals surface area contributed by atoms with Gasteiger partial charge in [-0.15, -0.1) is 11.3 Å². The maximum Gasteiger partial charge on any atom is 0.257 e. The van der Waals surface area contributed by atoms with Crippen LogP contribution in [0.2, 0.25) is 0 Å². The molecule has 0 saturated carbocycles. The Hall–Kier alpha value is -1.40. The van der Waals surface area contributed by atoms with Crippen LogP contribution in [0, 0.1) is 6.92 Å². The molecule has 1 heterocycles. The maximum atomic E-state index is 12.2. The molecular formula is C14H15BrN2O2S. The van der Waals surface area contributed by atoms with Crippen LogP contribution in [0.4, 0.5) is 5.13 Å². The minimum Gasteiger partial charge on any atom is -0.496 e. The van der Waals surface area contributed by atoms with Crippen molar-refractivity contribution in [1.82, 2.24) is 4.98 Å². The predicted molar refractivity (Wildman–Crippen MR) is 84.9 cm³/mol.